The zero-order valence-electron chi connectivity index (χ0n) is 16.6. The van der Waals surface area contributed by atoms with Crippen molar-refractivity contribution < 1.29 is 14.2 Å². The van der Waals surface area contributed by atoms with Crippen molar-refractivity contribution in [2.45, 2.75) is 52.1 Å². The standard InChI is InChI=1S/C24H32O3/c1-19(15-25-17-21-9-5-3-6-10-21)23-13-14-24(27-23)20(2)16-26-18-22-11-7-4-8-12-22/h3-12,19-20,23-24H,13-18H2,1-2H3/t19-,20-,23-,24+/m0/s1. The Morgan fingerprint density at radius 1 is 0.741 bits per heavy atom. The van der Waals surface area contributed by atoms with Crippen LogP contribution in [0.4, 0.5) is 0 Å². The van der Waals surface area contributed by atoms with Gasteiger partial charge in [0.1, 0.15) is 0 Å². The molecule has 3 heteroatoms. The molecule has 1 aliphatic heterocycles. The lowest BCUT2D eigenvalue weighted by Gasteiger charge is -2.23. The monoisotopic (exact) mass is 368 g/mol. The Balaban J connectivity index is 1.33. The molecular formula is C24H32O3. The van der Waals surface area contributed by atoms with Crippen LogP contribution in [0.25, 0.3) is 0 Å². The van der Waals surface area contributed by atoms with Gasteiger partial charge in [0.25, 0.3) is 0 Å². The summed E-state index contributed by atoms with van der Waals surface area (Å²) in [5, 5.41) is 0. The summed E-state index contributed by atoms with van der Waals surface area (Å²) in [5.74, 6) is 0.826. The highest BCUT2D eigenvalue weighted by molar-refractivity contribution is 5.14. The Labute approximate surface area is 163 Å². The second-order valence-corrected chi connectivity index (χ2v) is 7.75. The van der Waals surface area contributed by atoms with E-state index in [1.54, 1.807) is 0 Å². The van der Waals surface area contributed by atoms with Crippen LogP contribution in [-0.2, 0) is 27.4 Å². The third-order valence-corrected chi connectivity index (χ3v) is 5.34. The van der Waals surface area contributed by atoms with Crippen molar-refractivity contribution in [3.63, 3.8) is 0 Å². The van der Waals surface area contributed by atoms with Crippen LogP contribution in [0.15, 0.2) is 60.7 Å². The van der Waals surface area contributed by atoms with E-state index in [0.717, 1.165) is 26.1 Å². The highest BCUT2D eigenvalue weighted by Gasteiger charge is 2.32. The smallest absolute Gasteiger partial charge is 0.0717 e. The molecule has 0 bridgehead atoms. The quantitative estimate of drug-likeness (QED) is 0.574. The third-order valence-electron chi connectivity index (χ3n) is 5.34. The Morgan fingerprint density at radius 3 is 1.56 bits per heavy atom. The first-order valence-electron chi connectivity index (χ1n) is 10.1. The average Bonchev–Trinajstić information content (AvgIpc) is 3.20. The van der Waals surface area contributed by atoms with Gasteiger partial charge in [0.15, 0.2) is 0 Å². The fourth-order valence-electron chi connectivity index (χ4n) is 3.61. The van der Waals surface area contributed by atoms with Crippen LogP contribution in [0.2, 0.25) is 0 Å². The molecule has 2 aromatic carbocycles. The van der Waals surface area contributed by atoms with Gasteiger partial charge in [-0.15, -0.1) is 0 Å². The summed E-state index contributed by atoms with van der Waals surface area (Å²) in [6.45, 7) is 7.29. The van der Waals surface area contributed by atoms with Gasteiger partial charge in [0, 0.05) is 11.8 Å². The van der Waals surface area contributed by atoms with Crippen molar-refractivity contribution in [2.75, 3.05) is 13.2 Å². The van der Waals surface area contributed by atoms with E-state index in [4.69, 9.17) is 14.2 Å². The maximum absolute atomic E-state index is 6.33. The second kappa shape index (κ2) is 10.6. The highest BCUT2D eigenvalue weighted by Crippen LogP contribution is 2.30. The molecule has 0 aromatic heterocycles. The maximum Gasteiger partial charge on any atom is 0.0717 e. The third kappa shape index (κ3) is 6.46. The van der Waals surface area contributed by atoms with Gasteiger partial charge in [-0.1, -0.05) is 74.5 Å². The first kappa shape index (κ1) is 20.1. The lowest BCUT2D eigenvalue weighted by molar-refractivity contribution is -0.0502. The Bertz CT molecular complexity index is 586. The summed E-state index contributed by atoms with van der Waals surface area (Å²) in [6.07, 6.45) is 2.82. The van der Waals surface area contributed by atoms with E-state index in [1.807, 2.05) is 36.4 Å². The topological polar surface area (TPSA) is 27.7 Å². The number of hydrogen-bond donors (Lipinski definition) is 0. The van der Waals surface area contributed by atoms with Gasteiger partial charge >= 0.3 is 0 Å². The lowest BCUT2D eigenvalue weighted by Crippen LogP contribution is -2.27. The molecule has 1 saturated heterocycles. The predicted molar refractivity (Wildman–Crippen MR) is 108 cm³/mol. The number of rotatable bonds is 10. The summed E-state index contributed by atoms with van der Waals surface area (Å²) >= 11 is 0. The van der Waals surface area contributed by atoms with E-state index in [2.05, 4.69) is 38.1 Å². The molecule has 0 amide bonds. The Morgan fingerprint density at radius 2 is 1.15 bits per heavy atom. The first-order chi connectivity index (χ1) is 13.2. The summed E-state index contributed by atoms with van der Waals surface area (Å²) in [7, 11) is 0. The van der Waals surface area contributed by atoms with Gasteiger partial charge in [-0.25, -0.2) is 0 Å². The molecule has 1 heterocycles. The summed E-state index contributed by atoms with van der Waals surface area (Å²) in [5.41, 5.74) is 2.44. The zero-order valence-corrected chi connectivity index (χ0v) is 16.6. The molecule has 1 fully saturated rings. The molecule has 2 aromatic rings. The molecule has 4 atom stereocenters. The van der Waals surface area contributed by atoms with Crippen LogP contribution >= 0.6 is 0 Å². The van der Waals surface area contributed by atoms with E-state index in [9.17, 15) is 0 Å². The Kier molecular flexibility index (Phi) is 7.88. The molecule has 0 saturated carbocycles. The van der Waals surface area contributed by atoms with Gasteiger partial charge in [-0.3, -0.25) is 0 Å². The van der Waals surface area contributed by atoms with E-state index in [1.165, 1.54) is 11.1 Å². The van der Waals surface area contributed by atoms with Gasteiger partial charge in [0.05, 0.1) is 38.6 Å². The van der Waals surface area contributed by atoms with Gasteiger partial charge in [0.2, 0.25) is 0 Å². The molecule has 0 radical (unpaired) electrons. The molecule has 146 valence electrons. The van der Waals surface area contributed by atoms with E-state index in [-0.39, 0.29) is 0 Å². The molecule has 3 nitrogen and oxygen atoms in total. The van der Waals surface area contributed by atoms with Crippen molar-refractivity contribution in [1.82, 2.24) is 0 Å². The fourth-order valence-corrected chi connectivity index (χ4v) is 3.61. The predicted octanol–water partition coefficient (Wildman–Crippen LogP) is 5.24. The normalized spacial score (nSPS) is 21.9. The number of ether oxygens (including phenoxy) is 3. The second-order valence-electron chi connectivity index (χ2n) is 7.75. The van der Waals surface area contributed by atoms with Gasteiger partial charge in [-0.05, 0) is 24.0 Å². The van der Waals surface area contributed by atoms with Crippen molar-refractivity contribution >= 4 is 0 Å². The van der Waals surface area contributed by atoms with Crippen LogP contribution in [0.3, 0.4) is 0 Å². The van der Waals surface area contributed by atoms with Crippen molar-refractivity contribution in [3.05, 3.63) is 71.8 Å². The molecule has 0 unspecified atom stereocenters. The van der Waals surface area contributed by atoms with Crippen LogP contribution in [0.5, 0.6) is 0 Å². The minimum Gasteiger partial charge on any atom is -0.376 e. The van der Waals surface area contributed by atoms with Gasteiger partial charge in [-0.2, -0.15) is 0 Å². The van der Waals surface area contributed by atoms with Crippen molar-refractivity contribution in [1.29, 1.82) is 0 Å². The van der Waals surface area contributed by atoms with Crippen LogP contribution in [0, 0.1) is 11.8 Å². The minimum atomic E-state index is 0.294. The van der Waals surface area contributed by atoms with E-state index >= 15 is 0 Å². The molecule has 27 heavy (non-hydrogen) atoms. The molecule has 0 aliphatic carbocycles. The summed E-state index contributed by atoms with van der Waals surface area (Å²) in [4.78, 5) is 0. The first-order valence-corrected chi connectivity index (χ1v) is 10.1. The van der Waals surface area contributed by atoms with E-state index < -0.39 is 0 Å². The molecule has 0 spiro atoms. The summed E-state index contributed by atoms with van der Waals surface area (Å²) < 4.78 is 18.1. The maximum atomic E-state index is 6.33. The van der Waals surface area contributed by atoms with Crippen LogP contribution < -0.4 is 0 Å². The summed E-state index contributed by atoms with van der Waals surface area (Å²) in [6, 6.07) is 20.7. The van der Waals surface area contributed by atoms with Crippen molar-refractivity contribution in [3.8, 4) is 0 Å². The average molecular weight is 369 g/mol. The molecule has 1 aliphatic rings. The van der Waals surface area contributed by atoms with Gasteiger partial charge < -0.3 is 14.2 Å². The van der Waals surface area contributed by atoms with Crippen LogP contribution in [0.1, 0.15) is 37.8 Å². The molecule has 3 rings (SSSR count). The molecule has 0 N–H and O–H groups in total. The SMILES string of the molecule is C[C@@H](COCc1ccccc1)[C@@H]1CC[C@H]([C@@H](C)COCc2ccccc2)O1. The zero-order chi connectivity index (χ0) is 18.9. The lowest BCUT2D eigenvalue weighted by atomic mass is 10.00. The highest BCUT2D eigenvalue weighted by atomic mass is 16.5. The van der Waals surface area contributed by atoms with Crippen LogP contribution in [-0.4, -0.2) is 25.4 Å². The fraction of sp³-hybridized carbons (Fsp3) is 0.500. The number of benzene rings is 2. The largest absolute Gasteiger partial charge is 0.376 e. The minimum absolute atomic E-state index is 0.294. The number of hydrogen-bond acceptors (Lipinski definition) is 3. The molecular weight excluding hydrogens is 336 g/mol. The van der Waals surface area contributed by atoms with E-state index in [0.29, 0.717) is 37.3 Å². The Hall–Kier alpha value is -1.68. The van der Waals surface area contributed by atoms with Crippen molar-refractivity contribution in [2.24, 2.45) is 11.8 Å².